The number of carbonyl (C=O) groups is 2. The number of nitrogens with zero attached hydrogens (tertiary/aromatic N) is 3. The molecule has 3 heterocycles. The maximum Gasteiger partial charge on any atom is 0.341 e. The van der Waals surface area contributed by atoms with Crippen LogP contribution in [0.5, 0.6) is 0 Å². The number of rotatable bonds is 7. The fraction of sp³-hybridized carbons (Fsp3) is 0.370. The summed E-state index contributed by atoms with van der Waals surface area (Å²) < 4.78 is 6.95. The van der Waals surface area contributed by atoms with Crippen LogP contribution in [0.3, 0.4) is 0 Å². The minimum Gasteiger partial charge on any atom is -0.462 e. The molecule has 1 unspecified atom stereocenters. The van der Waals surface area contributed by atoms with Crippen LogP contribution in [-0.4, -0.2) is 43.5 Å². The summed E-state index contributed by atoms with van der Waals surface area (Å²) in [5.41, 5.74) is 4.55. The van der Waals surface area contributed by atoms with Crippen LogP contribution in [0.4, 0.5) is 5.00 Å². The maximum atomic E-state index is 13.2. The number of ether oxygens (including phenoxy) is 1. The van der Waals surface area contributed by atoms with Gasteiger partial charge in [-0.1, -0.05) is 23.9 Å². The highest BCUT2D eigenvalue weighted by molar-refractivity contribution is 8.00. The maximum absolute atomic E-state index is 13.2. The summed E-state index contributed by atoms with van der Waals surface area (Å²) in [7, 11) is 0. The van der Waals surface area contributed by atoms with E-state index in [0.29, 0.717) is 26.8 Å². The molecule has 9 nitrogen and oxygen atoms in total. The monoisotopic (exact) mass is 551 g/mol. The Morgan fingerprint density at radius 3 is 2.84 bits per heavy atom. The van der Waals surface area contributed by atoms with Gasteiger partial charge in [0.2, 0.25) is 5.91 Å². The molecule has 1 aliphatic rings. The number of anilines is 1. The molecule has 5 rings (SSSR count). The number of esters is 1. The fourth-order valence-electron chi connectivity index (χ4n) is 4.60. The Bertz CT molecular complexity index is 1600. The minimum absolute atomic E-state index is 0.267. The van der Waals surface area contributed by atoms with Gasteiger partial charge >= 0.3 is 5.97 Å². The highest BCUT2D eigenvalue weighted by Gasteiger charge is 2.28. The van der Waals surface area contributed by atoms with Crippen molar-refractivity contribution in [3.8, 4) is 5.69 Å². The molecule has 0 bridgehead atoms. The van der Waals surface area contributed by atoms with Gasteiger partial charge in [0.15, 0.2) is 10.8 Å². The predicted molar refractivity (Wildman–Crippen MR) is 150 cm³/mol. The molecule has 0 saturated carbocycles. The van der Waals surface area contributed by atoms with Crippen LogP contribution in [0.25, 0.3) is 16.7 Å². The van der Waals surface area contributed by atoms with Crippen molar-refractivity contribution in [2.24, 2.45) is 0 Å². The summed E-state index contributed by atoms with van der Waals surface area (Å²) >= 11 is 2.59. The molecule has 0 spiro atoms. The second-order valence-electron chi connectivity index (χ2n) is 9.27. The number of hydrogen-bond donors (Lipinski definition) is 2. The van der Waals surface area contributed by atoms with Gasteiger partial charge in [-0.2, -0.15) is 5.10 Å². The summed E-state index contributed by atoms with van der Waals surface area (Å²) in [4.78, 5) is 47.3. The van der Waals surface area contributed by atoms with E-state index in [2.05, 4.69) is 20.4 Å². The normalized spacial score (nSPS) is 13.8. The molecule has 1 amide bonds. The molecule has 2 N–H and O–H groups in total. The topological polar surface area (TPSA) is 119 Å². The number of thiophene rings is 1. The van der Waals surface area contributed by atoms with Crippen molar-refractivity contribution in [2.75, 3.05) is 11.9 Å². The van der Waals surface area contributed by atoms with Gasteiger partial charge in [-0.3, -0.25) is 9.59 Å². The van der Waals surface area contributed by atoms with E-state index in [1.807, 2.05) is 32.0 Å². The van der Waals surface area contributed by atoms with Crippen molar-refractivity contribution < 1.29 is 14.3 Å². The molecule has 0 radical (unpaired) electrons. The molecular formula is C27H29N5O4S2. The number of aromatic nitrogens is 4. The lowest BCUT2D eigenvalue weighted by Gasteiger charge is -2.13. The zero-order valence-corrected chi connectivity index (χ0v) is 23.3. The highest BCUT2D eigenvalue weighted by Crippen LogP contribution is 2.39. The average molecular weight is 552 g/mol. The van der Waals surface area contributed by atoms with Crippen LogP contribution in [0.15, 0.2) is 34.3 Å². The van der Waals surface area contributed by atoms with Gasteiger partial charge in [-0.25, -0.2) is 14.5 Å². The van der Waals surface area contributed by atoms with E-state index in [1.165, 1.54) is 17.5 Å². The van der Waals surface area contributed by atoms with E-state index in [4.69, 9.17) is 4.74 Å². The smallest absolute Gasteiger partial charge is 0.341 e. The number of fused-ring (bicyclic) bond motifs is 2. The summed E-state index contributed by atoms with van der Waals surface area (Å²) in [6.45, 7) is 7.79. The van der Waals surface area contributed by atoms with Gasteiger partial charge in [-0.05, 0) is 76.1 Å². The third-order valence-corrected chi connectivity index (χ3v) is 8.96. The lowest BCUT2D eigenvalue weighted by Crippen LogP contribution is -2.24. The van der Waals surface area contributed by atoms with Gasteiger partial charge in [-0.15, -0.1) is 11.3 Å². The van der Waals surface area contributed by atoms with Crippen molar-refractivity contribution in [1.29, 1.82) is 0 Å². The van der Waals surface area contributed by atoms with E-state index in [0.717, 1.165) is 64.7 Å². The van der Waals surface area contributed by atoms with Crippen molar-refractivity contribution in [1.82, 2.24) is 19.7 Å². The minimum atomic E-state index is -0.596. The van der Waals surface area contributed by atoms with E-state index >= 15 is 0 Å². The summed E-state index contributed by atoms with van der Waals surface area (Å²) in [5, 5.41) is 7.98. The van der Waals surface area contributed by atoms with Gasteiger partial charge in [0.1, 0.15) is 10.4 Å². The number of nitrogens with one attached hydrogen (secondary N) is 2. The van der Waals surface area contributed by atoms with Gasteiger partial charge in [0.05, 0.1) is 29.3 Å². The molecule has 38 heavy (non-hydrogen) atoms. The molecule has 4 aromatic rings. The van der Waals surface area contributed by atoms with Crippen molar-refractivity contribution in [3.63, 3.8) is 0 Å². The van der Waals surface area contributed by atoms with E-state index in [1.54, 1.807) is 18.5 Å². The van der Waals surface area contributed by atoms with Crippen LogP contribution in [0, 0.1) is 13.8 Å². The standard InChI is InChI=1S/C27H29N5O4S2/c1-5-36-26(35)21-17-10-6-7-12-20(17)38-25(21)30-23(33)16(4)37-27-29-22-18(24(34)31-27)13-28-32(22)19-11-8-9-14(2)15(19)3/h8-9,11,13,16H,5-7,10,12H2,1-4H3,(H,30,33)(H,29,31,34). The van der Waals surface area contributed by atoms with Crippen LogP contribution in [0.1, 0.15) is 58.6 Å². The second-order valence-corrected chi connectivity index (χ2v) is 11.7. The van der Waals surface area contributed by atoms with Crippen LogP contribution < -0.4 is 10.9 Å². The first-order valence-corrected chi connectivity index (χ1v) is 14.3. The quantitative estimate of drug-likeness (QED) is 0.189. The van der Waals surface area contributed by atoms with Crippen LogP contribution in [0.2, 0.25) is 0 Å². The number of thioether (sulfide) groups is 1. The lowest BCUT2D eigenvalue weighted by molar-refractivity contribution is -0.115. The second kappa shape index (κ2) is 10.7. The number of benzene rings is 1. The number of aryl methyl sites for hydroxylation is 2. The predicted octanol–water partition coefficient (Wildman–Crippen LogP) is 4.96. The first-order valence-electron chi connectivity index (χ1n) is 12.6. The lowest BCUT2D eigenvalue weighted by atomic mass is 9.95. The Morgan fingerprint density at radius 1 is 1.26 bits per heavy atom. The van der Waals surface area contributed by atoms with Crippen LogP contribution in [-0.2, 0) is 22.4 Å². The Morgan fingerprint density at radius 2 is 2.05 bits per heavy atom. The third-order valence-electron chi connectivity index (χ3n) is 6.77. The molecular weight excluding hydrogens is 522 g/mol. The van der Waals surface area contributed by atoms with Crippen LogP contribution >= 0.6 is 23.1 Å². The number of hydrogen-bond acceptors (Lipinski definition) is 8. The Balaban J connectivity index is 1.41. The molecule has 0 aliphatic heterocycles. The van der Waals surface area contributed by atoms with E-state index in [9.17, 15) is 14.4 Å². The average Bonchev–Trinajstić information content (AvgIpc) is 3.47. The number of amides is 1. The highest BCUT2D eigenvalue weighted by atomic mass is 32.2. The molecule has 1 aliphatic carbocycles. The number of H-pyrrole nitrogens is 1. The largest absolute Gasteiger partial charge is 0.462 e. The van der Waals surface area contributed by atoms with Crippen molar-refractivity contribution in [2.45, 2.75) is 63.8 Å². The molecule has 3 aromatic heterocycles. The molecule has 0 fully saturated rings. The van der Waals surface area contributed by atoms with Gasteiger partial charge < -0.3 is 15.0 Å². The van der Waals surface area contributed by atoms with E-state index < -0.39 is 11.2 Å². The van der Waals surface area contributed by atoms with Gasteiger partial charge in [0, 0.05) is 4.88 Å². The summed E-state index contributed by atoms with van der Waals surface area (Å²) in [6, 6.07) is 5.89. The third kappa shape index (κ3) is 4.88. The fourth-order valence-corrected chi connectivity index (χ4v) is 6.68. The summed E-state index contributed by atoms with van der Waals surface area (Å²) in [6.07, 6.45) is 5.28. The number of carbonyl (C=O) groups excluding carboxylic acids is 2. The first-order chi connectivity index (χ1) is 18.3. The zero-order valence-electron chi connectivity index (χ0n) is 21.7. The molecule has 0 saturated heterocycles. The van der Waals surface area contributed by atoms with E-state index in [-0.39, 0.29) is 18.1 Å². The summed E-state index contributed by atoms with van der Waals surface area (Å²) in [5.74, 6) is -0.691. The van der Waals surface area contributed by atoms with Crippen molar-refractivity contribution in [3.05, 3.63) is 61.9 Å². The Labute approximate surface area is 228 Å². The van der Waals surface area contributed by atoms with Gasteiger partial charge in [0.25, 0.3) is 5.56 Å². The first kappa shape index (κ1) is 26.2. The Hall–Kier alpha value is -3.44. The molecule has 198 valence electrons. The van der Waals surface area contributed by atoms with Crippen molar-refractivity contribution >= 4 is 51.0 Å². The SMILES string of the molecule is CCOC(=O)c1c(NC(=O)C(C)Sc2nc3c(cnn3-c3cccc(C)c3C)c(=O)[nH]2)sc2c1CCCC2. The zero-order chi connectivity index (χ0) is 27.0. The Kier molecular flexibility index (Phi) is 7.40. The molecule has 1 aromatic carbocycles. The molecule has 1 atom stereocenters. The molecule has 11 heteroatoms. The number of aromatic amines is 1.